The van der Waals surface area contributed by atoms with Crippen LogP contribution < -0.4 is 10.5 Å². The van der Waals surface area contributed by atoms with E-state index in [1.54, 1.807) is 0 Å². The van der Waals surface area contributed by atoms with Crippen molar-refractivity contribution in [3.05, 3.63) is 29.8 Å². The number of esters is 1. The summed E-state index contributed by atoms with van der Waals surface area (Å²) in [5.74, 6) is -5.96. The average molecular weight is 283 g/mol. The van der Waals surface area contributed by atoms with Crippen molar-refractivity contribution in [2.75, 3.05) is 0 Å². The number of halogens is 5. The van der Waals surface area contributed by atoms with E-state index in [0.29, 0.717) is 0 Å². The number of benzene rings is 1. The Bertz CT molecular complexity index is 472. The molecule has 1 aromatic rings. The quantitative estimate of drug-likeness (QED) is 0.527. The molecule has 0 saturated carbocycles. The number of alkyl halides is 5. The lowest BCUT2D eigenvalue weighted by atomic mass is 10.0. The van der Waals surface area contributed by atoms with Gasteiger partial charge in [-0.05, 0) is 17.7 Å². The lowest BCUT2D eigenvalue weighted by molar-refractivity contribution is -0.291. The Morgan fingerprint density at radius 1 is 1.26 bits per heavy atom. The second-order valence-electron chi connectivity index (χ2n) is 3.76. The van der Waals surface area contributed by atoms with E-state index in [9.17, 15) is 26.7 Å². The third-order valence-electron chi connectivity index (χ3n) is 2.25. The van der Waals surface area contributed by atoms with Crippen molar-refractivity contribution in [1.82, 2.24) is 0 Å². The molecule has 1 atom stereocenters. The fourth-order valence-corrected chi connectivity index (χ4v) is 1.32. The van der Waals surface area contributed by atoms with E-state index in [-0.39, 0.29) is 5.75 Å². The summed E-state index contributed by atoms with van der Waals surface area (Å²) < 4.78 is 67.2. The number of nitrogens with two attached hydrogens (primary N) is 1. The van der Waals surface area contributed by atoms with Crippen molar-refractivity contribution in [2.45, 2.75) is 25.1 Å². The first kappa shape index (κ1) is 15.4. The van der Waals surface area contributed by atoms with Gasteiger partial charge in [0.25, 0.3) is 0 Å². The van der Waals surface area contributed by atoms with Gasteiger partial charge in [-0.3, -0.25) is 4.79 Å². The van der Waals surface area contributed by atoms with Crippen LogP contribution in [0, 0.1) is 0 Å². The highest BCUT2D eigenvalue weighted by Crippen LogP contribution is 2.43. The Balaban J connectivity index is 3.06. The molecule has 2 N–H and O–H groups in total. The lowest BCUT2D eigenvalue weighted by Crippen LogP contribution is -2.45. The van der Waals surface area contributed by atoms with Gasteiger partial charge in [0.05, 0.1) is 0 Å². The maximum Gasteiger partial charge on any atom is 0.455 e. The SMILES string of the molecule is CC(=O)Oc1cccc([C@@H](N)C(F)(F)C(F)(F)F)c1. The zero-order chi connectivity index (χ0) is 14.8. The normalized spacial score (nSPS) is 14.1. The second-order valence-corrected chi connectivity index (χ2v) is 3.76. The summed E-state index contributed by atoms with van der Waals surface area (Å²) in [6.07, 6.45) is -5.76. The maximum absolute atomic E-state index is 13.0. The Labute approximate surface area is 105 Å². The molecule has 106 valence electrons. The summed E-state index contributed by atoms with van der Waals surface area (Å²) in [7, 11) is 0. The fraction of sp³-hybridized carbons (Fsp3) is 0.364. The van der Waals surface area contributed by atoms with Gasteiger partial charge in [-0.15, -0.1) is 0 Å². The first-order valence-corrected chi connectivity index (χ1v) is 5.04. The molecule has 0 fully saturated rings. The standard InChI is InChI=1S/C11H10F5NO2/c1-6(18)19-8-4-2-3-7(5-8)9(17)10(12,13)11(14,15)16/h2-5,9H,17H2,1H3/t9-/m1/s1. The van der Waals surface area contributed by atoms with E-state index < -0.39 is 29.7 Å². The monoisotopic (exact) mass is 283 g/mol. The first-order chi connectivity index (χ1) is 8.55. The average Bonchev–Trinajstić information content (AvgIpc) is 2.25. The predicted octanol–water partition coefficient (Wildman–Crippen LogP) is 2.81. The van der Waals surface area contributed by atoms with Gasteiger partial charge in [0.1, 0.15) is 11.8 Å². The molecule has 1 rings (SSSR count). The van der Waals surface area contributed by atoms with Crippen LogP contribution in [0.15, 0.2) is 24.3 Å². The van der Waals surface area contributed by atoms with E-state index >= 15 is 0 Å². The summed E-state index contributed by atoms with van der Waals surface area (Å²) in [6, 6.07) is 1.69. The van der Waals surface area contributed by atoms with Gasteiger partial charge in [0.2, 0.25) is 0 Å². The molecule has 0 bridgehead atoms. The molecule has 8 heteroatoms. The highest BCUT2D eigenvalue weighted by atomic mass is 19.4. The second kappa shape index (κ2) is 5.12. The predicted molar refractivity (Wildman–Crippen MR) is 55.7 cm³/mol. The van der Waals surface area contributed by atoms with Gasteiger partial charge in [-0.25, -0.2) is 0 Å². The molecule has 0 aliphatic carbocycles. The van der Waals surface area contributed by atoms with Crippen LogP contribution in [0.5, 0.6) is 5.75 Å². The van der Waals surface area contributed by atoms with E-state index in [2.05, 4.69) is 4.74 Å². The minimum absolute atomic E-state index is 0.154. The fourth-order valence-electron chi connectivity index (χ4n) is 1.32. The number of rotatable bonds is 3. The Morgan fingerprint density at radius 2 is 1.84 bits per heavy atom. The Hall–Kier alpha value is -1.70. The van der Waals surface area contributed by atoms with E-state index in [1.165, 1.54) is 12.1 Å². The van der Waals surface area contributed by atoms with Gasteiger partial charge in [0, 0.05) is 6.92 Å². The largest absolute Gasteiger partial charge is 0.455 e. The van der Waals surface area contributed by atoms with Crippen LogP contribution in [-0.2, 0) is 4.79 Å². The van der Waals surface area contributed by atoms with Crippen molar-refractivity contribution < 1.29 is 31.5 Å². The van der Waals surface area contributed by atoms with Crippen molar-refractivity contribution in [3.63, 3.8) is 0 Å². The van der Waals surface area contributed by atoms with Crippen LogP contribution in [0.3, 0.4) is 0 Å². The van der Waals surface area contributed by atoms with Crippen LogP contribution in [0.4, 0.5) is 22.0 Å². The molecule has 0 aromatic heterocycles. The molecule has 0 saturated heterocycles. The van der Waals surface area contributed by atoms with Crippen LogP contribution in [-0.4, -0.2) is 18.1 Å². The summed E-state index contributed by atoms with van der Waals surface area (Å²) >= 11 is 0. The topological polar surface area (TPSA) is 52.3 Å². The van der Waals surface area contributed by atoms with Crippen molar-refractivity contribution >= 4 is 5.97 Å². The number of ether oxygens (including phenoxy) is 1. The smallest absolute Gasteiger partial charge is 0.427 e. The van der Waals surface area contributed by atoms with Gasteiger partial charge in [-0.1, -0.05) is 12.1 Å². The molecule has 0 aliphatic rings. The van der Waals surface area contributed by atoms with Gasteiger partial charge < -0.3 is 10.5 Å². The van der Waals surface area contributed by atoms with Crippen LogP contribution in [0.1, 0.15) is 18.5 Å². The van der Waals surface area contributed by atoms with Crippen LogP contribution >= 0.6 is 0 Å². The third kappa shape index (κ3) is 3.40. The molecule has 1 aromatic carbocycles. The van der Waals surface area contributed by atoms with Crippen molar-refractivity contribution in [3.8, 4) is 5.75 Å². The third-order valence-corrected chi connectivity index (χ3v) is 2.25. The first-order valence-electron chi connectivity index (χ1n) is 5.04. The number of hydrogen-bond acceptors (Lipinski definition) is 3. The molecule has 0 heterocycles. The Kier molecular flexibility index (Phi) is 4.14. The van der Waals surface area contributed by atoms with Gasteiger partial charge >= 0.3 is 18.1 Å². The highest BCUT2D eigenvalue weighted by molar-refractivity contribution is 5.69. The summed E-state index contributed by atoms with van der Waals surface area (Å²) in [5, 5.41) is 0. The van der Waals surface area contributed by atoms with Crippen molar-refractivity contribution in [1.29, 1.82) is 0 Å². The minimum atomic E-state index is -5.76. The molecule has 0 spiro atoms. The molecule has 0 amide bonds. The molecule has 0 unspecified atom stereocenters. The summed E-state index contributed by atoms with van der Waals surface area (Å²) in [6.45, 7) is 1.07. The summed E-state index contributed by atoms with van der Waals surface area (Å²) in [5.41, 5.74) is 4.46. The molecular formula is C11H10F5NO2. The molecular weight excluding hydrogens is 273 g/mol. The van der Waals surface area contributed by atoms with E-state index in [0.717, 1.165) is 19.1 Å². The molecule has 0 aliphatic heterocycles. The van der Waals surface area contributed by atoms with Crippen LogP contribution in [0.25, 0.3) is 0 Å². The molecule has 19 heavy (non-hydrogen) atoms. The summed E-state index contributed by atoms with van der Waals surface area (Å²) in [4.78, 5) is 10.7. The maximum atomic E-state index is 13.0. The molecule has 3 nitrogen and oxygen atoms in total. The van der Waals surface area contributed by atoms with Crippen LogP contribution in [0.2, 0.25) is 0 Å². The van der Waals surface area contributed by atoms with Gasteiger partial charge in [0.15, 0.2) is 0 Å². The minimum Gasteiger partial charge on any atom is -0.427 e. The number of carbonyl (C=O) groups excluding carboxylic acids is 1. The Morgan fingerprint density at radius 3 is 2.32 bits per heavy atom. The lowest BCUT2D eigenvalue weighted by Gasteiger charge is -2.26. The zero-order valence-corrected chi connectivity index (χ0v) is 9.67. The van der Waals surface area contributed by atoms with Gasteiger partial charge in [-0.2, -0.15) is 22.0 Å². The number of hydrogen-bond donors (Lipinski definition) is 1. The zero-order valence-electron chi connectivity index (χ0n) is 9.67. The van der Waals surface area contributed by atoms with E-state index in [1.807, 2.05) is 0 Å². The number of carbonyl (C=O) groups is 1. The highest BCUT2D eigenvalue weighted by Gasteiger charge is 2.61. The van der Waals surface area contributed by atoms with E-state index in [4.69, 9.17) is 5.73 Å². The van der Waals surface area contributed by atoms with Crippen molar-refractivity contribution in [2.24, 2.45) is 5.73 Å². The molecule has 0 radical (unpaired) electrons.